The van der Waals surface area contributed by atoms with E-state index in [4.69, 9.17) is 11.6 Å². The molecule has 1 N–H and O–H groups in total. The summed E-state index contributed by atoms with van der Waals surface area (Å²) < 4.78 is 0.982. The molecule has 0 aliphatic heterocycles. The fourth-order valence-electron chi connectivity index (χ4n) is 2.91. The van der Waals surface area contributed by atoms with Crippen molar-refractivity contribution in [1.82, 2.24) is 5.32 Å². The molecule has 0 amide bonds. The minimum absolute atomic E-state index is 0.604. The SMILES string of the molecule is C[C@@H](NCc1ccc(Cl)c(Br)c1)C1CCCCCC1. The molecule has 1 aliphatic rings. The lowest BCUT2D eigenvalue weighted by atomic mass is 9.93. The fraction of sp³-hybridized carbons (Fsp3) is 0.625. The molecule has 1 aromatic carbocycles. The zero-order valence-electron chi connectivity index (χ0n) is 11.6. The van der Waals surface area contributed by atoms with Crippen LogP contribution in [0.25, 0.3) is 0 Å². The summed E-state index contributed by atoms with van der Waals surface area (Å²) in [5.74, 6) is 0.846. The van der Waals surface area contributed by atoms with Gasteiger partial charge in [-0.05, 0) is 59.3 Å². The molecule has 0 radical (unpaired) electrons. The Morgan fingerprint density at radius 3 is 2.58 bits per heavy atom. The molecular weight excluding hydrogens is 322 g/mol. The standard InChI is InChI=1S/C16H23BrClN/c1-12(14-6-4-2-3-5-7-14)19-11-13-8-9-16(18)15(17)10-13/h8-10,12,14,19H,2-7,11H2,1H3/t12-/m1/s1. The molecule has 0 unspecified atom stereocenters. The normalized spacial score (nSPS) is 19.1. The largest absolute Gasteiger partial charge is 0.310 e. The molecule has 1 aliphatic carbocycles. The first-order valence-corrected chi connectivity index (χ1v) is 8.51. The maximum absolute atomic E-state index is 6.02. The van der Waals surface area contributed by atoms with Gasteiger partial charge in [-0.2, -0.15) is 0 Å². The van der Waals surface area contributed by atoms with Gasteiger partial charge in [0.05, 0.1) is 5.02 Å². The van der Waals surface area contributed by atoms with Crippen molar-refractivity contribution in [2.45, 2.75) is 58.0 Å². The lowest BCUT2D eigenvalue weighted by Gasteiger charge is -2.23. The van der Waals surface area contributed by atoms with Crippen LogP contribution in [0.4, 0.5) is 0 Å². The highest BCUT2D eigenvalue weighted by molar-refractivity contribution is 9.10. The number of nitrogens with one attached hydrogen (secondary N) is 1. The van der Waals surface area contributed by atoms with Crippen LogP contribution < -0.4 is 5.32 Å². The topological polar surface area (TPSA) is 12.0 Å². The maximum atomic E-state index is 6.02. The van der Waals surface area contributed by atoms with Gasteiger partial charge in [0.1, 0.15) is 0 Å². The van der Waals surface area contributed by atoms with Crippen LogP contribution in [-0.4, -0.2) is 6.04 Å². The summed E-state index contributed by atoms with van der Waals surface area (Å²) in [6.07, 6.45) is 8.43. The summed E-state index contributed by atoms with van der Waals surface area (Å²) in [4.78, 5) is 0. The van der Waals surface area contributed by atoms with Crippen LogP contribution in [0.2, 0.25) is 5.02 Å². The molecule has 3 heteroatoms. The number of benzene rings is 1. The number of hydrogen-bond donors (Lipinski definition) is 1. The highest BCUT2D eigenvalue weighted by Crippen LogP contribution is 2.26. The lowest BCUT2D eigenvalue weighted by molar-refractivity contribution is 0.336. The summed E-state index contributed by atoms with van der Waals surface area (Å²) >= 11 is 9.50. The zero-order valence-corrected chi connectivity index (χ0v) is 13.9. The molecule has 1 aromatic rings. The molecule has 1 saturated carbocycles. The Morgan fingerprint density at radius 1 is 1.26 bits per heavy atom. The van der Waals surface area contributed by atoms with Gasteiger partial charge in [0.2, 0.25) is 0 Å². The predicted octanol–water partition coefficient (Wildman–Crippen LogP) is 5.55. The quantitative estimate of drug-likeness (QED) is 0.706. The first-order valence-electron chi connectivity index (χ1n) is 7.34. The van der Waals surface area contributed by atoms with Crippen LogP contribution in [0.3, 0.4) is 0 Å². The molecular formula is C16H23BrClN. The van der Waals surface area contributed by atoms with Crippen molar-refractivity contribution in [1.29, 1.82) is 0 Å². The van der Waals surface area contributed by atoms with Crippen LogP contribution >= 0.6 is 27.5 Å². The Balaban J connectivity index is 1.84. The van der Waals surface area contributed by atoms with Gasteiger partial charge >= 0.3 is 0 Å². The predicted molar refractivity (Wildman–Crippen MR) is 86.6 cm³/mol. The maximum Gasteiger partial charge on any atom is 0.0548 e. The summed E-state index contributed by atoms with van der Waals surface area (Å²) in [5, 5.41) is 4.46. The van der Waals surface area contributed by atoms with Crippen molar-refractivity contribution < 1.29 is 0 Å². The van der Waals surface area contributed by atoms with Crippen LogP contribution in [0, 0.1) is 5.92 Å². The minimum Gasteiger partial charge on any atom is -0.310 e. The monoisotopic (exact) mass is 343 g/mol. The number of halogens is 2. The van der Waals surface area contributed by atoms with Gasteiger partial charge in [-0.15, -0.1) is 0 Å². The molecule has 0 bridgehead atoms. The Hall–Kier alpha value is -0.0500. The van der Waals surface area contributed by atoms with E-state index in [-0.39, 0.29) is 0 Å². The third-order valence-corrected chi connectivity index (χ3v) is 5.43. The van der Waals surface area contributed by atoms with E-state index in [1.54, 1.807) is 0 Å². The summed E-state index contributed by atoms with van der Waals surface area (Å²) in [6, 6.07) is 6.76. The van der Waals surface area contributed by atoms with Crippen molar-refractivity contribution in [3.05, 3.63) is 33.3 Å². The molecule has 19 heavy (non-hydrogen) atoms. The lowest BCUT2D eigenvalue weighted by Crippen LogP contribution is -2.32. The van der Waals surface area contributed by atoms with Crippen molar-refractivity contribution in [2.75, 3.05) is 0 Å². The van der Waals surface area contributed by atoms with Crippen molar-refractivity contribution in [2.24, 2.45) is 5.92 Å². The van der Waals surface area contributed by atoms with E-state index in [0.717, 1.165) is 22.0 Å². The van der Waals surface area contributed by atoms with Gasteiger partial charge < -0.3 is 5.32 Å². The van der Waals surface area contributed by atoms with E-state index in [2.05, 4.69) is 40.3 Å². The van der Waals surface area contributed by atoms with E-state index in [1.807, 2.05) is 6.07 Å². The third-order valence-electron chi connectivity index (χ3n) is 4.22. The van der Waals surface area contributed by atoms with Crippen LogP contribution in [-0.2, 0) is 6.54 Å². The second-order valence-electron chi connectivity index (χ2n) is 5.67. The van der Waals surface area contributed by atoms with Gasteiger partial charge in [0.25, 0.3) is 0 Å². The molecule has 106 valence electrons. The van der Waals surface area contributed by atoms with Crippen LogP contribution in [0.15, 0.2) is 22.7 Å². The first kappa shape index (κ1) is 15.3. The van der Waals surface area contributed by atoms with E-state index in [0.29, 0.717) is 6.04 Å². The molecule has 1 fully saturated rings. The van der Waals surface area contributed by atoms with E-state index in [1.165, 1.54) is 44.1 Å². The van der Waals surface area contributed by atoms with Gasteiger partial charge in [0, 0.05) is 17.1 Å². The van der Waals surface area contributed by atoms with Gasteiger partial charge in [0.15, 0.2) is 0 Å². The van der Waals surface area contributed by atoms with E-state index in [9.17, 15) is 0 Å². The van der Waals surface area contributed by atoms with Crippen LogP contribution in [0.5, 0.6) is 0 Å². The Morgan fingerprint density at radius 2 is 1.95 bits per heavy atom. The highest BCUT2D eigenvalue weighted by atomic mass is 79.9. The van der Waals surface area contributed by atoms with Crippen molar-refractivity contribution in [3.63, 3.8) is 0 Å². The molecule has 0 saturated heterocycles. The Bertz CT molecular complexity index is 400. The second-order valence-corrected chi connectivity index (χ2v) is 6.93. The summed E-state index contributed by atoms with van der Waals surface area (Å²) in [6.45, 7) is 3.26. The van der Waals surface area contributed by atoms with Crippen molar-refractivity contribution in [3.8, 4) is 0 Å². The van der Waals surface area contributed by atoms with Gasteiger partial charge in [-0.3, -0.25) is 0 Å². The zero-order chi connectivity index (χ0) is 13.7. The van der Waals surface area contributed by atoms with Gasteiger partial charge in [-0.1, -0.05) is 43.4 Å². The Kier molecular flexibility index (Phi) is 6.18. The average Bonchev–Trinajstić information content (AvgIpc) is 2.69. The molecule has 0 aromatic heterocycles. The van der Waals surface area contributed by atoms with Crippen LogP contribution in [0.1, 0.15) is 51.0 Å². The van der Waals surface area contributed by atoms with Gasteiger partial charge in [-0.25, -0.2) is 0 Å². The molecule has 2 rings (SSSR count). The summed E-state index contributed by atoms with van der Waals surface area (Å²) in [7, 11) is 0. The number of hydrogen-bond acceptors (Lipinski definition) is 1. The molecule has 1 atom stereocenters. The average molecular weight is 345 g/mol. The fourth-order valence-corrected chi connectivity index (χ4v) is 3.45. The number of rotatable bonds is 4. The third kappa shape index (κ3) is 4.77. The Labute approximate surface area is 130 Å². The second kappa shape index (κ2) is 7.66. The van der Waals surface area contributed by atoms with E-state index < -0.39 is 0 Å². The minimum atomic E-state index is 0.604. The highest BCUT2D eigenvalue weighted by Gasteiger charge is 2.18. The van der Waals surface area contributed by atoms with Crippen molar-refractivity contribution >= 4 is 27.5 Å². The van der Waals surface area contributed by atoms with E-state index >= 15 is 0 Å². The first-order chi connectivity index (χ1) is 9.16. The smallest absolute Gasteiger partial charge is 0.0548 e. The molecule has 1 nitrogen and oxygen atoms in total. The summed E-state index contributed by atoms with van der Waals surface area (Å²) in [5.41, 5.74) is 1.29. The molecule has 0 spiro atoms. The molecule has 0 heterocycles.